The highest BCUT2D eigenvalue weighted by Gasteiger charge is 2.16. The number of amides is 1. The predicted octanol–water partition coefficient (Wildman–Crippen LogP) is 0.504. The molecular weight excluding hydrogens is 258 g/mol. The van der Waals surface area contributed by atoms with Gasteiger partial charge in [-0.15, -0.1) is 0 Å². The fraction of sp³-hybridized carbons (Fsp3) is 0.357. The first-order valence-corrected chi connectivity index (χ1v) is 6.46. The first-order chi connectivity index (χ1) is 9.56. The van der Waals surface area contributed by atoms with Crippen molar-refractivity contribution in [3.8, 4) is 0 Å². The largest absolute Gasteiger partial charge is 0.394 e. The number of pyridine rings is 1. The molecule has 0 aliphatic carbocycles. The molecule has 0 aliphatic rings. The Labute approximate surface area is 116 Å². The maximum atomic E-state index is 12.2. The molecule has 2 aromatic heterocycles. The van der Waals surface area contributed by atoms with Gasteiger partial charge < -0.3 is 10.4 Å². The third-order valence-electron chi connectivity index (χ3n) is 3.16. The average molecular weight is 275 g/mol. The zero-order chi connectivity index (χ0) is 14.7. The molecule has 1 amide bonds. The molecule has 0 radical (unpaired) electrons. The van der Waals surface area contributed by atoms with E-state index in [-0.39, 0.29) is 18.2 Å². The van der Waals surface area contributed by atoms with E-state index in [1.807, 2.05) is 13.8 Å². The van der Waals surface area contributed by atoms with Crippen LogP contribution in [0.4, 0.5) is 0 Å². The Hall–Kier alpha value is -2.21. The molecular formula is C14H17N3O3. The average Bonchev–Trinajstić information content (AvgIpc) is 2.44. The van der Waals surface area contributed by atoms with E-state index in [1.54, 1.807) is 18.3 Å². The number of aromatic nitrogens is 2. The summed E-state index contributed by atoms with van der Waals surface area (Å²) in [4.78, 5) is 28.4. The van der Waals surface area contributed by atoms with Gasteiger partial charge >= 0.3 is 0 Å². The van der Waals surface area contributed by atoms with Gasteiger partial charge in [0.25, 0.3) is 11.5 Å². The Morgan fingerprint density at radius 2 is 2.30 bits per heavy atom. The quantitative estimate of drug-likeness (QED) is 0.851. The number of hydrogen-bond donors (Lipinski definition) is 2. The number of fused-ring (bicyclic) bond motifs is 1. The lowest BCUT2D eigenvalue weighted by atomic mass is 10.2. The van der Waals surface area contributed by atoms with Crippen molar-refractivity contribution in [3.05, 3.63) is 46.0 Å². The second-order valence-electron chi connectivity index (χ2n) is 4.67. The van der Waals surface area contributed by atoms with Crippen molar-refractivity contribution in [1.29, 1.82) is 0 Å². The third kappa shape index (κ3) is 2.70. The van der Waals surface area contributed by atoms with Gasteiger partial charge in [-0.25, -0.2) is 4.98 Å². The molecule has 2 rings (SSSR count). The summed E-state index contributed by atoms with van der Waals surface area (Å²) < 4.78 is 1.34. The molecule has 0 fully saturated rings. The van der Waals surface area contributed by atoms with Gasteiger partial charge in [0, 0.05) is 12.4 Å². The number of hydrogen-bond acceptors (Lipinski definition) is 4. The molecule has 2 heterocycles. The molecule has 1 unspecified atom stereocenters. The molecule has 20 heavy (non-hydrogen) atoms. The molecule has 2 aromatic rings. The lowest BCUT2D eigenvalue weighted by Gasteiger charge is -2.13. The summed E-state index contributed by atoms with van der Waals surface area (Å²) in [5.41, 5.74) is 1.04. The van der Waals surface area contributed by atoms with Crippen LogP contribution in [-0.2, 0) is 0 Å². The smallest absolute Gasteiger partial charge is 0.270 e. The maximum absolute atomic E-state index is 12.2. The number of rotatable bonds is 4. The minimum Gasteiger partial charge on any atom is -0.394 e. The Morgan fingerprint density at radius 3 is 2.95 bits per heavy atom. The van der Waals surface area contributed by atoms with E-state index in [2.05, 4.69) is 10.3 Å². The van der Waals surface area contributed by atoms with Crippen molar-refractivity contribution >= 4 is 11.6 Å². The van der Waals surface area contributed by atoms with Gasteiger partial charge in [0.1, 0.15) is 11.2 Å². The van der Waals surface area contributed by atoms with Gasteiger partial charge in [0.15, 0.2) is 0 Å². The SMILES string of the molecule is CCC(CO)NC(=O)c1cnc2cc(C)ccn2c1=O. The van der Waals surface area contributed by atoms with Gasteiger partial charge in [-0.2, -0.15) is 0 Å². The van der Waals surface area contributed by atoms with Crippen molar-refractivity contribution in [2.75, 3.05) is 6.61 Å². The molecule has 1 atom stereocenters. The summed E-state index contributed by atoms with van der Waals surface area (Å²) in [7, 11) is 0. The molecule has 0 aromatic carbocycles. The highest BCUT2D eigenvalue weighted by atomic mass is 16.3. The summed E-state index contributed by atoms with van der Waals surface area (Å²) in [6.45, 7) is 3.58. The van der Waals surface area contributed by atoms with Gasteiger partial charge in [-0.1, -0.05) is 6.92 Å². The fourth-order valence-corrected chi connectivity index (χ4v) is 1.87. The van der Waals surface area contributed by atoms with Crippen LogP contribution in [0.25, 0.3) is 5.65 Å². The maximum Gasteiger partial charge on any atom is 0.270 e. The lowest BCUT2D eigenvalue weighted by molar-refractivity contribution is 0.0913. The second-order valence-corrected chi connectivity index (χ2v) is 4.67. The predicted molar refractivity (Wildman–Crippen MR) is 74.8 cm³/mol. The molecule has 6 nitrogen and oxygen atoms in total. The van der Waals surface area contributed by atoms with E-state index in [0.29, 0.717) is 12.1 Å². The van der Waals surface area contributed by atoms with Crippen molar-refractivity contribution in [1.82, 2.24) is 14.7 Å². The molecule has 2 N–H and O–H groups in total. The number of nitrogens with one attached hydrogen (secondary N) is 1. The standard InChI is InChI=1S/C14H17N3O3/c1-3-10(8-18)16-13(19)11-7-15-12-6-9(2)4-5-17(12)14(11)20/h4-7,10,18H,3,8H2,1-2H3,(H,16,19). The monoisotopic (exact) mass is 275 g/mol. The summed E-state index contributed by atoms with van der Waals surface area (Å²) >= 11 is 0. The van der Waals surface area contributed by atoms with Crippen LogP contribution in [0, 0.1) is 6.92 Å². The van der Waals surface area contributed by atoms with Crippen LogP contribution in [0.2, 0.25) is 0 Å². The van der Waals surface area contributed by atoms with Crippen LogP contribution >= 0.6 is 0 Å². The van der Waals surface area contributed by atoms with Crippen molar-refractivity contribution in [2.24, 2.45) is 0 Å². The third-order valence-corrected chi connectivity index (χ3v) is 3.16. The first kappa shape index (κ1) is 14.2. The number of aliphatic hydroxyl groups excluding tert-OH is 1. The minimum atomic E-state index is -0.515. The Balaban J connectivity index is 2.41. The van der Waals surface area contributed by atoms with Crippen molar-refractivity contribution in [3.63, 3.8) is 0 Å². The van der Waals surface area contributed by atoms with Crippen LogP contribution in [-0.4, -0.2) is 33.0 Å². The molecule has 0 saturated heterocycles. The van der Waals surface area contributed by atoms with Gasteiger partial charge in [-0.05, 0) is 31.0 Å². The minimum absolute atomic E-state index is 0.0294. The van der Waals surface area contributed by atoms with E-state index in [0.717, 1.165) is 5.56 Å². The number of aryl methyl sites for hydroxylation is 1. The van der Waals surface area contributed by atoms with E-state index in [1.165, 1.54) is 10.6 Å². The van der Waals surface area contributed by atoms with Crippen LogP contribution in [0.1, 0.15) is 29.3 Å². The zero-order valence-corrected chi connectivity index (χ0v) is 11.5. The van der Waals surface area contributed by atoms with Crippen LogP contribution < -0.4 is 10.9 Å². The molecule has 6 heteroatoms. The normalized spacial score (nSPS) is 12.3. The first-order valence-electron chi connectivity index (χ1n) is 6.46. The van der Waals surface area contributed by atoms with E-state index < -0.39 is 11.5 Å². The van der Waals surface area contributed by atoms with Gasteiger partial charge in [0.05, 0.1) is 12.6 Å². The summed E-state index contributed by atoms with van der Waals surface area (Å²) in [6.07, 6.45) is 3.46. The molecule has 0 bridgehead atoms. The van der Waals surface area contributed by atoms with Crippen LogP contribution in [0.3, 0.4) is 0 Å². The Morgan fingerprint density at radius 1 is 1.55 bits per heavy atom. The number of aliphatic hydroxyl groups is 1. The van der Waals surface area contributed by atoms with Gasteiger partial charge in [0.2, 0.25) is 0 Å². The lowest BCUT2D eigenvalue weighted by Crippen LogP contribution is -2.40. The van der Waals surface area contributed by atoms with Crippen LogP contribution in [0.5, 0.6) is 0 Å². The molecule has 0 aliphatic heterocycles. The summed E-state index contributed by atoms with van der Waals surface area (Å²) in [6, 6.07) is 3.19. The van der Waals surface area contributed by atoms with Crippen molar-refractivity contribution < 1.29 is 9.90 Å². The Kier molecular flexibility index (Phi) is 4.14. The molecule has 0 spiro atoms. The van der Waals surface area contributed by atoms with Gasteiger partial charge in [-0.3, -0.25) is 14.0 Å². The highest BCUT2D eigenvalue weighted by molar-refractivity contribution is 5.93. The van der Waals surface area contributed by atoms with E-state index in [4.69, 9.17) is 5.11 Å². The summed E-state index contributed by atoms with van der Waals surface area (Å²) in [5.74, 6) is -0.515. The fourth-order valence-electron chi connectivity index (χ4n) is 1.87. The molecule has 106 valence electrons. The highest BCUT2D eigenvalue weighted by Crippen LogP contribution is 2.02. The summed E-state index contributed by atoms with van der Waals surface area (Å²) in [5, 5.41) is 11.7. The van der Waals surface area contributed by atoms with Crippen LogP contribution in [0.15, 0.2) is 29.3 Å². The number of nitrogens with zero attached hydrogens (tertiary/aromatic N) is 2. The molecule has 0 saturated carbocycles. The Bertz CT molecular complexity index is 690. The second kappa shape index (κ2) is 5.83. The zero-order valence-electron chi connectivity index (χ0n) is 11.5. The topological polar surface area (TPSA) is 83.7 Å². The van der Waals surface area contributed by atoms with E-state index >= 15 is 0 Å². The number of carbonyl (C=O) groups is 1. The number of carbonyl (C=O) groups excluding carboxylic acids is 1. The van der Waals surface area contributed by atoms with E-state index in [9.17, 15) is 9.59 Å². The van der Waals surface area contributed by atoms with Crippen molar-refractivity contribution in [2.45, 2.75) is 26.3 Å².